The summed E-state index contributed by atoms with van der Waals surface area (Å²) in [7, 11) is 1.67. The van der Waals surface area contributed by atoms with Crippen LogP contribution in [0.1, 0.15) is 0 Å². The molecule has 2 heterocycles. The number of nitrogens with zero attached hydrogens (tertiary/aromatic N) is 3. The van der Waals surface area contributed by atoms with Crippen LogP contribution in [0, 0.1) is 0 Å². The van der Waals surface area contributed by atoms with Crippen LogP contribution in [0.3, 0.4) is 0 Å². The predicted molar refractivity (Wildman–Crippen MR) is 47.5 cm³/mol. The van der Waals surface area contributed by atoms with Gasteiger partial charge in [0.15, 0.2) is 11.2 Å². The SMILES string of the molecule is CNc1nc2nccnc2c(=O)[nH]1. The molecule has 0 unspecified atom stereocenters. The van der Waals surface area contributed by atoms with E-state index in [1.54, 1.807) is 7.05 Å². The molecule has 66 valence electrons. The smallest absolute Gasteiger partial charge is 0.280 e. The van der Waals surface area contributed by atoms with Gasteiger partial charge in [0.05, 0.1) is 0 Å². The van der Waals surface area contributed by atoms with Gasteiger partial charge in [-0.1, -0.05) is 0 Å². The van der Waals surface area contributed by atoms with Gasteiger partial charge in [0.1, 0.15) is 0 Å². The first-order valence-corrected chi connectivity index (χ1v) is 3.70. The average molecular weight is 177 g/mol. The first kappa shape index (κ1) is 7.66. The Kier molecular flexibility index (Phi) is 1.66. The minimum absolute atomic E-state index is 0.251. The zero-order valence-electron chi connectivity index (χ0n) is 6.90. The van der Waals surface area contributed by atoms with E-state index in [0.29, 0.717) is 11.6 Å². The van der Waals surface area contributed by atoms with Crippen molar-refractivity contribution in [3.05, 3.63) is 22.7 Å². The highest BCUT2D eigenvalue weighted by Gasteiger charge is 2.02. The van der Waals surface area contributed by atoms with Crippen LogP contribution in [0.4, 0.5) is 5.95 Å². The maximum atomic E-state index is 11.3. The Morgan fingerprint density at radius 1 is 1.38 bits per heavy atom. The van der Waals surface area contributed by atoms with E-state index in [1.165, 1.54) is 12.4 Å². The number of nitrogens with one attached hydrogen (secondary N) is 2. The number of H-pyrrole nitrogens is 1. The maximum Gasteiger partial charge on any atom is 0.280 e. The zero-order chi connectivity index (χ0) is 9.26. The van der Waals surface area contributed by atoms with E-state index < -0.39 is 0 Å². The van der Waals surface area contributed by atoms with Gasteiger partial charge in [-0.2, -0.15) is 4.98 Å². The van der Waals surface area contributed by atoms with Crippen molar-refractivity contribution in [3.8, 4) is 0 Å². The van der Waals surface area contributed by atoms with Gasteiger partial charge in [0, 0.05) is 19.4 Å². The highest BCUT2D eigenvalue weighted by molar-refractivity contribution is 5.68. The lowest BCUT2D eigenvalue weighted by atomic mass is 10.5. The third-order valence-electron chi connectivity index (χ3n) is 1.58. The van der Waals surface area contributed by atoms with E-state index in [2.05, 4.69) is 25.3 Å². The molecule has 2 rings (SSSR count). The molecular weight excluding hydrogens is 170 g/mol. The summed E-state index contributed by atoms with van der Waals surface area (Å²) in [6, 6.07) is 0. The molecule has 2 aromatic heterocycles. The van der Waals surface area contributed by atoms with Crippen molar-refractivity contribution in [2.45, 2.75) is 0 Å². The highest BCUT2D eigenvalue weighted by Crippen LogP contribution is 2.00. The van der Waals surface area contributed by atoms with E-state index in [4.69, 9.17) is 0 Å². The Labute approximate surface area is 73.1 Å². The minimum Gasteiger partial charge on any atom is -0.359 e. The van der Waals surface area contributed by atoms with Crippen LogP contribution < -0.4 is 10.9 Å². The van der Waals surface area contributed by atoms with E-state index in [-0.39, 0.29) is 11.1 Å². The summed E-state index contributed by atoms with van der Waals surface area (Å²) in [5.41, 5.74) is 0.305. The van der Waals surface area contributed by atoms with Crippen LogP contribution in [-0.2, 0) is 0 Å². The summed E-state index contributed by atoms with van der Waals surface area (Å²) in [5, 5.41) is 2.73. The molecule has 0 saturated heterocycles. The summed E-state index contributed by atoms with van der Waals surface area (Å²) in [5.74, 6) is 0.387. The fourth-order valence-electron chi connectivity index (χ4n) is 0.992. The monoisotopic (exact) mass is 177 g/mol. The van der Waals surface area contributed by atoms with Crippen molar-refractivity contribution < 1.29 is 0 Å². The number of hydrogen-bond donors (Lipinski definition) is 2. The van der Waals surface area contributed by atoms with Gasteiger partial charge in [0.2, 0.25) is 5.95 Å². The number of fused-ring (bicyclic) bond motifs is 1. The van der Waals surface area contributed by atoms with E-state index >= 15 is 0 Å². The third-order valence-corrected chi connectivity index (χ3v) is 1.58. The fraction of sp³-hybridized carbons (Fsp3) is 0.143. The topological polar surface area (TPSA) is 83.6 Å². The molecule has 0 atom stereocenters. The fourth-order valence-corrected chi connectivity index (χ4v) is 0.992. The third kappa shape index (κ3) is 1.22. The molecule has 13 heavy (non-hydrogen) atoms. The number of hydrogen-bond acceptors (Lipinski definition) is 5. The largest absolute Gasteiger partial charge is 0.359 e. The van der Waals surface area contributed by atoms with Gasteiger partial charge < -0.3 is 5.32 Å². The molecule has 0 aliphatic heterocycles. The summed E-state index contributed by atoms with van der Waals surface area (Å²) in [4.78, 5) is 25.6. The van der Waals surface area contributed by atoms with Gasteiger partial charge in [-0.15, -0.1) is 0 Å². The second kappa shape index (κ2) is 2.81. The zero-order valence-corrected chi connectivity index (χ0v) is 6.90. The Balaban J connectivity index is 2.85. The summed E-state index contributed by atoms with van der Waals surface area (Å²) in [6.45, 7) is 0. The molecule has 6 heteroatoms. The number of aromatic nitrogens is 4. The number of anilines is 1. The van der Waals surface area contributed by atoms with Gasteiger partial charge in [0.25, 0.3) is 5.56 Å². The van der Waals surface area contributed by atoms with Crippen molar-refractivity contribution in [3.63, 3.8) is 0 Å². The van der Waals surface area contributed by atoms with E-state index in [1.807, 2.05) is 0 Å². The van der Waals surface area contributed by atoms with Crippen LogP contribution >= 0.6 is 0 Å². The lowest BCUT2D eigenvalue weighted by Gasteiger charge is -1.98. The predicted octanol–water partition coefficient (Wildman–Crippen LogP) is -0.245. The molecule has 0 saturated carbocycles. The van der Waals surface area contributed by atoms with Crippen molar-refractivity contribution in [2.75, 3.05) is 12.4 Å². The molecule has 0 fully saturated rings. The lowest BCUT2D eigenvalue weighted by Crippen LogP contribution is -2.13. The Morgan fingerprint density at radius 2 is 2.15 bits per heavy atom. The molecule has 0 amide bonds. The summed E-state index contributed by atoms with van der Waals surface area (Å²) >= 11 is 0. The average Bonchev–Trinajstić information content (AvgIpc) is 2.18. The molecule has 0 aliphatic rings. The van der Waals surface area contributed by atoms with Crippen LogP contribution in [0.2, 0.25) is 0 Å². The first-order valence-electron chi connectivity index (χ1n) is 3.70. The Hall–Kier alpha value is -1.98. The van der Waals surface area contributed by atoms with E-state index in [0.717, 1.165) is 0 Å². The van der Waals surface area contributed by atoms with Gasteiger partial charge >= 0.3 is 0 Å². The molecule has 0 aromatic carbocycles. The molecule has 0 radical (unpaired) electrons. The molecular formula is C7H7N5O. The van der Waals surface area contributed by atoms with Crippen LogP contribution in [-0.4, -0.2) is 27.0 Å². The molecule has 0 spiro atoms. The summed E-state index contributed by atoms with van der Waals surface area (Å²) in [6.07, 6.45) is 2.95. The molecule has 6 nitrogen and oxygen atoms in total. The second-order valence-electron chi connectivity index (χ2n) is 2.39. The normalized spacial score (nSPS) is 10.2. The minimum atomic E-state index is -0.289. The van der Waals surface area contributed by atoms with Crippen LogP contribution in [0.5, 0.6) is 0 Å². The first-order chi connectivity index (χ1) is 6.31. The second-order valence-corrected chi connectivity index (χ2v) is 2.39. The molecule has 0 aliphatic carbocycles. The highest BCUT2D eigenvalue weighted by atomic mass is 16.1. The summed E-state index contributed by atoms with van der Waals surface area (Å²) < 4.78 is 0. The van der Waals surface area contributed by atoms with Crippen molar-refractivity contribution in [1.82, 2.24) is 19.9 Å². The Morgan fingerprint density at radius 3 is 2.92 bits per heavy atom. The number of rotatable bonds is 1. The van der Waals surface area contributed by atoms with Crippen LogP contribution in [0.25, 0.3) is 11.2 Å². The van der Waals surface area contributed by atoms with Gasteiger partial charge in [-0.25, -0.2) is 9.97 Å². The van der Waals surface area contributed by atoms with Crippen molar-refractivity contribution in [1.29, 1.82) is 0 Å². The lowest BCUT2D eigenvalue weighted by molar-refractivity contribution is 1.10. The molecule has 2 N–H and O–H groups in total. The number of aromatic amines is 1. The molecule has 2 aromatic rings. The quantitative estimate of drug-likeness (QED) is 0.627. The maximum absolute atomic E-state index is 11.3. The standard InChI is InChI=1S/C7H7N5O/c1-8-7-11-5-4(6(13)12-7)9-2-3-10-5/h2-3H,1H3,(H2,8,10,11,12,13). The van der Waals surface area contributed by atoms with Crippen molar-refractivity contribution >= 4 is 17.1 Å². The van der Waals surface area contributed by atoms with Gasteiger partial charge in [-0.3, -0.25) is 9.78 Å². The van der Waals surface area contributed by atoms with E-state index in [9.17, 15) is 4.79 Å². The Bertz CT molecular complexity index is 491. The van der Waals surface area contributed by atoms with Gasteiger partial charge in [-0.05, 0) is 0 Å². The van der Waals surface area contributed by atoms with Crippen molar-refractivity contribution in [2.24, 2.45) is 0 Å². The van der Waals surface area contributed by atoms with Crippen LogP contribution in [0.15, 0.2) is 17.2 Å². The molecule has 0 bridgehead atoms.